The third-order valence-corrected chi connectivity index (χ3v) is 1.97. The molecule has 0 amide bonds. The molecule has 1 rings (SSSR count). The van der Waals surface area contributed by atoms with Gasteiger partial charge in [0.05, 0.1) is 7.11 Å². The van der Waals surface area contributed by atoms with Crippen LogP contribution in [0.3, 0.4) is 0 Å². The largest absolute Gasteiger partial charge is 0.494 e. The first kappa shape index (κ1) is 11.2. The van der Waals surface area contributed by atoms with Crippen LogP contribution in [0, 0.1) is 11.6 Å². The minimum Gasteiger partial charge on any atom is -0.494 e. The van der Waals surface area contributed by atoms with Gasteiger partial charge in [0.1, 0.15) is 10.8 Å². The Kier molecular flexibility index (Phi) is 3.31. The SMILES string of the molecule is COc1cc(B(O)O)c(F)c(Cl)c1F. The van der Waals surface area contributed by atoms with E-state index in [2.05, 4.69) is 4.74 Å². The molecule has 0 fully saturated rings. The molecule has 0 aliphatic heterocycles. The van der Waals surface area contributed by atoms with Gasteiger partial charge in [-0.3, -0.25) is 0 Å². The van der Waals surface area contributed by atoms with Gasteiger partial charge in [-0.2, -0.15) is 0 Å². The quantitative estimate of drug-likeness (QED) is 0.559. The van der Waals surface area contributed by atoms with E-state index >= 15 is 0 Å². The van der Waals surface area contributed by atoms with Gasteiger partial charge in [0, 0.05) is 5.46 Å². The predicted octanol–water partition coefficient (Wildman–Crippen LogP) is 0.307. The first-order valence-electron chi connectivity index (χ1n) is 3.56. The van der Waals surface area contributed by atoms with Crippen LogP contribution >= 0.6 is 11.6 Å². The van der Waals surface area contributed by atoms with E-state index in [0.29, 0.717) is 0 Å². The molecule has 0 spiro atoms. The molecule has 1 aromatic carbocycles. The van der Waals surface area contributed by atoms with Crippen molar-refractivity contribution < 1.29 is 23.6 Å². The van der Waals surface area contributed by atoms with E-state index in [1.807, 2.05) is 0 Å². The number of hydrogen-bond donors (Lipinski definition) is 2. The second-order valence-electron chi connectivity index (χ2n) is 2.48. The molecular weight excluding hydrogens is 216 g/mol. The molecule has 0 bridgehead atoms. The molecule has 0 atom stereocenters. The minimum atomic E-state index is -2.07. The van der Waals surface area contributed by atoms with Gasteiger partial charge in [-0.1, -0.05) is 11.6 Å². The summed E-state index contributed by atoms with van der Waals surface area (Å²) in [7, 11) is -0.915. The summed E-state index contributed by atoms with van der Waals surface area (Å²) in [5.74, 6) is -2.63. The molecule has 0 aliphatic rings. The number of ether oxygens (including phenoxy) is 1. The Balaban J connectivity index is 3.40. The van der Waals surface area contributed by atoms with Crippen LogP contribution in [0.4, 0.5) is 8.78 Å². The number of methoxy groups -OCH3 is 1. The lowest BCUT2D eigenvalue weighted by Gasteiger charge is -2.08. The summed E-state index contributed by atoms with van der Waals surface area (Å²) in [6, 6.07) is 0.835. The average Bonchev–Trinajstić information content (AvgIpc) is 2.14. The maximum Gasteiger partial charge on any atom is 0.491 e. The van der Waals surface area contributed by atoms with Gasteiger partial charge in [0.2, 0.25) is 0 Å². The Bertz CT molecular complexity index is 359. The highest BCUT2D eigenvalue weighted by molar-refractivity contribution is 6.59. The molecule has 76 valence electrons. The van der Waals surface area contributed by atoms with Gasteiger partial charge in [-0.25, -0.2) is 8.78 Å². The van der Waals surface area contributed by atoms with Crippen molar-refractivity contribution >= 4 is 24.2 Å². The molecule has 0 saturated heterocycles. The van der Waals surface area contributed by atoms with Crippen molar-refractivity contribution in [3.05, 3.63) is 22.7 Å². The van der Waals surface area contributed by atoms with Crippen LogP contribution in [0.2, 0.25) is 5.02 Å². The van der Waals surface area contributed by atoms with E-state index in [-0.39, 0.29) is 5.75 Å². The van der Waals surface area contributed by atoms with Gasteiger partial charge >= 0.3 is 7.12 Å². The molecule has 1 aromatic rings. The highest BCUT2D eigenvalue weighted by Crippen LogP contribution is 2.25. The summed E-state index contributed by atoms with van der Waals surface area (Å²) in [6.45, 7) is 0. The normalized spacial score (nSPS) is 10.1. The number of benzene rings is 1. The fourth-order valence-corrected chi connectivity index (χ4v) is 1.14. The molecular formula is C7H6BClF2O3. The standard InChI is InChI=1S/C7H6BClF2O3/c1-14-4-2-3(8(12)13)6(10)5(9)7(4)11/h2,12-13H,1H3. The third kappa shape index (κ3) is 1.82. The van der Waals surface area contributed by atoms with E-state index in [1.54, 1.807) is 0 Å². The maximum absolute atomic E-state index is 13.1. The topological polar surface area (TPSA) is 49.7 Å². The molecule has 0 heterocycles. The summed E-state index contributed by atoms with van der Waals surface area (Å²) >= 11 is 5.26. The molecule has 0 radical (unpaired) electrons. The van der Waals surface area contributed by atoms with E-state index in [1.165, 1.54) is 0 Å². The Hall–Kier alpha value is -0.845. The first-order chi connectivity index (χ1) is 6.49. The van der Waals surface area contributed by atoms with Crippen LogP contribution in [0.25, 0.3) is 0 Å². The molecule has 0 aliphatic carbocycles. The Morgan fingerprint density at radius 2 is 1.93 bits per heavy atom. The van der Waals surface area contributed by atoms with Crippen LogP contribution in [0.15, 0.2) is 6.07 Å². The fraction of sp³-hybridized carbons (Fsp3) is 0.143. The smallest absolute Gasteiger partial charge is 0.491 e. The summed E-state index contributed by atoms with van der Waals surface area (Å²) in [5, 5.41) is 16.6. The van der Waals surface area contributed by atoms with Gasteiger partial charge < -0.3 is 14.8 Å². The average molecular weight is 222 g/mol. The zero-order valence-corrected chi connectivity index (χ0v) is 7.85. The maximum atomic E-state index is 13.1. The van der Waals surface area contributed by atoms with Crippen molar-refractivity contribution in [1.29, 1.82) is 0 Å². The first-order valence-corrected chi connectivity index (χ1v) is 3.94. The Labute approximate surface area is 84.0 Å². The van der Waals surface area contributed by atoms with Crippen molar-refractivity contribution in [2.24, 2.45) is 0 Å². The molecule has 0 saturated carbocycles. The zero-order chi connectivity index (χ0) is 10.9. The number of halogens is 3. The van der Waals surface area contributed by atoms with Crippen LogP contribution in [0.1, 0.15) is 0 Å². The summed E-state index contributed by atoms with van der Waals surface area (Å²) < 4.78 is 30.7. The van der Waals surface area contributed by atoms with Crippen molar-refractivity contribution in [2.45, 2.75) is 0 Å². The van der Waals surface area contributed by atoms with Gasteiger partial charge in [0.25, 0.3) is 0 Å². The van der Waals surface area contributed by atoms with Crippen molar-refractivity contribution in [1.82, 2.24) is 0 Å². The van der Waals surface area contributed by atoms with E-state index in [9.17, 15) is 8.78 Å². The van der Waals surface area contributed by atoms with Crippen molar-refractivity contribution in [3.8, 4) is 5.75 Å². The molecule has 0 aromatic heterocycles. The van der Waals surface area contributed by atoms with Gasteiger partial charge in [0.15, 0.2) is 11.6 Å². The van der Waals surface area contributed by atoms with Crippen LogP contribution in [-0.2, 0) is 0 Å². The summed E-state index contributed by atoms with van der Waals surface area (Å²) in [6.07, 6.45) is 0. The fourth-order valence-electron chi connectivity index (χ4n) is 0.936. The number of rotatable bonds is 2. The molecule has 7 heteroatoms. The highest BCUT2D eigenvalue weighted by Gasteiger charge is 2.24. The second-order valence-corrected chi connectivity index (χ2v) is 2.86. The second kappa shape index (κ2) is 4.12. The van der Waals surface area contributed by atoms with Crippen molar-refractivity contribution in [3.63, 3.8) is 0 Å². The summed E-state index contributed by atoms with van der Waals surface area (Å²) in [4.78, 5) is 0. The zero-order valence-electron chi connectivity index (χ0n) is 7.09. The molecule has 14 heavy (non-hydrogen) atoms. The Morgan fingerprint density at radius 1 is 1.36 bits per heavy atom. The molecule has 2 N–H and O–H groups in total. The van der Waals surface area contributed by atoms with Crippen LogP contribution in [-0.4, -0.2) is 24.3 Å². The third-order valence-electron chi connectivity index (χ3n) is 1.64. The Morgan fingerprint density at radius 3 is 2.36 bits per heavy atom. The lowest BCUT2D eigenvalue weighted by Crippen LogP contribution is -2.33. The minimum absolute atomic E-state index is 0.348. The van der Waals surface area contributed by atoms with Crippen LogP contribution < -0.4 is 10.2 Å². The van der Waals surface area contributed by atoms with E-state index in [0.717, 1.165) is 13.2 Å². The monoisotopic (exact) mass is 222 g/mol. The molecule has 3 nitrogen and oxygen atoms in total. The number of hydrogen-bond acceptors (Lipinski definition) is 3. The lowest BCUT2D eigenvalue weighted by molar-refractivity contribution is 0.383. The van der Waals surface area contributed by atoms with Crippen LogP contribution in [0.5, 0.6) is 5.75 Å². The lowest BCUT2D eigenvalue weighted by atomic mass is 9.79. The summed E-state index contributed by atoms with van der Waals surface area (Å²) in [5.41, 5.74) is -0.534. The predicted molar refractivity (Wildman–Crippen MR) is 47.7 cm³/mol. The highest BCUT2D eigenvalue weighted by atomic mass is 35.5. The molecule has 0 unspecified atom stereocenters. The van der Waals surface area contributed by atoms with Gasteiger partial charge in [-0.05, 0) is 6.07 Å². The van der Waals surface area contributed by atoms with Gasteiger partial charge in [-0.15, -0.1) is 0 Å². The van der Waals surface area contributed by atoms with E-state index in [4.69, 9.17) is 21.6 Å². The van der Waals surface area contributed by atoms with Crippen molar-refractivity contribution in [2.75, 3.05) is 7.11 Å². The van der Waals surface area contributed by atoms with E-state index < -0.39 is 29.2 Å².